The lowest BCUT2D eigenvalue weighted by Crippen LogP contribution is -2.32. The van der Waals surface area contributed by atoms with E-state index in [9.17, 15) is 13.2 Å². The molecule has 0 aromatic heterocycles. The number of ether oxygens (including phenoxy) is 3. The van der Waals surface area contributed by atoms with Crippen LogP contribution in [0.5, 0.6) is 11.5 Å². The zero-order valence-electron chi connectivity index (χ0n) is 20.1. The summed E-state index contributed by atoms with van der Waals surface area (Å²) >= 11 is 0. The number of carbonyl (C=O) groups excluding carboxylic acids is 1. The first-order chi connectivity index (χ1) is 16.4. The monoisotopic (exact) mass is 490 g/mol. The van der Waals surface area contributed by atoms with Gasteiger partial charge in [-0.05, 0) is 73.2 Å². The number of aryl methyl sites for hydroxylation is 1. The van der Waals surface area contributed by atoms with E-state index >= 15 is 0 Å². The maximum atomic E-state index is 12.6. The van der Waals surface area contributed by atoms with Crippen LogP contribution in [-0.2, 0) is 38.9 Å². The van der Waals surface area contributed by atoms with E-state index < -0.39 is 10.0 Å². The molecule has 9 heteroatoms. The highest BCUT2D eigenvalue weighted by atomic mass is 32.2. The lowest BCUT2D eigenvalue weighted by atomic mass is 9.98. The molecule has 8 nitrogen and oxygen atoms in total. The number of hydrogen-bond donors (Lipinski definition) is 1. The van der Waals surface area contributed by atoms with Crippen molar-refractivity contribution < 1.29 is 27.4 Å². The van der Waals surface area contributed by atoms with E-state index in [2.05, 4.69) is 26.5 Å². The van der Waals surface area contributed by atoms with Gasteiger partial charge in [0.1, 0.15) is 0 Å². The van der Waals surface area contributed by atoms with Crippen LogP contribution in [0.25, 0.3) is 0 Å². The molecule has 0 bridgehead atoms. The minimum Gasteiger partial charge on any atom is -0.493 e. The van der Waals surface area contributed by atoms with Gasteiger partial charge in [-0.15, -0.1) is 0 Å². The van der Waals surface area contributed by atoms with Gasteiger partial charge in [-0.1, -0.05) is 12.1 Å². The predicted molar refractivity (Wildman–Crippen MR) is 130 cm³/mol. The number of rotatable bonds is 12. The van der Waals surface area contributed by atoms with Crippen molar-refractivity contribution in [1.29, 1.82) is 0 Å². The SMILES string of the molecule is COC(=O)CCc1ccc(S(=O)(=O)NCCCCN2CCc3cc(OC)c(OC)cc3C2)cc1. The Kier molecular flexibility index (Phi) is 9.32. The van der Waals surface area contributed by atoms with Gasteiger partial charge in [-0.2, -0.15) is 0 Å². The van der Waals surface area contributed by atoms with Gasteiger partial charge >= 0.3 is 5.97 Å². The summed E-state index contributed by atoms with van der Waals surface area (Å²) in [7, 11) is 1.09. The Bertz CT molecular complexity index is 1070. The van der Waals surface area contributed by atoms with E-state index in [-0.39, 0.29) is 17.3 Å². The second kappa shape index (κ2) is 12.2. The molecule has 2 aromatic carbocycles. The van der Waals surface area contributed by atoms with Gasteiger partial charge in [0, 0.05) is 26.1 Å². The standard InChI is InChI=1S/C25H34N2O6S/c1-31-23-16-20-12-15-27(18-21(20)17-24(23)32-2)14-5-4-13-26-34(29,30)22-9-6-19(7-10-22)8-11-25(28)33-3/h6-7,9-10,16-17,26H,4-5,8,11-15,18H2,1-3H3. The lowest BCUT2D eigenvalue weighted by molar-refractivity contribution is -0.140. The van der Waals surface area contributed by atoms with Crippen LogP contribution >= 0.6 is 0 Å². The molecule has 0 fully saturated rings. The molecule has 1 N–H and O–H groups in total. The molecule has 0 spiro atoms. The van der Waals surface area contributed by atoms with E-state index in [4.69, 9.17) is 9.47 Å². The Balaban J connectivity index is 1.42. The van der Waals surface area contributed by atoms with E-state index in [0.29, 0.717) is 13.0 Å². The molecule has 3 rings (SSSR count). The van der Waals surface area contributed by atoms with Gasteiger partial charge in [0.05, 0.1) is 26.2 Å². The predicted octanol–water partition coefficient (Wildman–Crippen LogP) is 2.93. The summed E-state index contributed by atoms with van der Waals surface area (Å²) in [5, 5.41) is 0. The number of carbonyl (C=O) groups is 1. The minimum atomic E-state index is -3.55. The average Bonchev–Trinajstić information content (AvgIpc) is 2.86. The third-order valence-electron chi connectivity index (χ3n) is 6.07. The molecule has 0 aliphatic carbocycles. The normalized spacial score (nSPS) is 13.9. The molecular weight excluding hydrogens is 456 g/mol. The number of nitrogens with one attached hydrogen (secondary N) is 1. The van der Waals surface area contributed by atoms with Gasteiger partial charge in [-0.3, -0.25) is 9.69 Å². The molecule has 0 atom stereocenters. The highest BCUT2D eigenvalue weighted by molar-refractivity contribution is 7.89. The zero-order valence-corrected chi connectivity index (χ0v) is 20.9. The van der Waals surface area contributed by atoms with E-state index in [1.807, 2.05) is 0 Å². The summed E-state index contributed by atoms with van der Waals surface area (Å²) in [4.78, 5) is 13.9. The van der Waals surface area contributed by atoms with Crippen LogP contribution in [0.1, 0.15) is 36.0 Å². The van der Waals surface area contributed by atoms with Gasteiger partial charge in [0.25, 0.3) is 0 Å². The number of benzene rings is 2. The Morgan fingerprint density at radius 2 is 1.68 bits per heavy atom. The van der Waals surface area contributed by atoms with Gasteiger partial charge in [-0.25, -0.2) is 13.1 Å². The van der Waals surface area contributed by atoms with Crippen molar-refractivity contribution in [1.82, 2.24) is 9.62 Å². The molecule has 2 aromatic rings. The Morgan fingerprint density at radius 3 is 2.32 bits per heavy atom. The molecule has 1 aliphatic heterocycles. The summed E-state index contributed by atoms with van der Waals surface area (Å²) in [5.74, 6) is 1.22. The Hall–Kier alpha value is -2.62. The molecular formula is C25H34N2O6S. The quantitative estimate of drug-likeness (QED) is 0.361. The molecule has 0 amide bonds. The smallest absolute Gasteiger partial charge is 0.305 e. The van der Waals surface area contributed by atoms with Crippen molar-refractivity contribution in [2.24, 2.45) is 0 Å². The topological polar surface area (TPSA) is 94.2 Å². The number of sulfonamides is 1. The summed E-state index contributed by atoms with van der Waals surface area (Å²) < 4.78 is 43.2. The zero-order chi connectivity index (χ0) is 24.6. The molecule has 0 unspecified atom stereocenters. The summed E-state index contributed by atoms with van der Waals surface area (Å²) in [5.41, 5.74) is 3.43. The highest BCUT2D eigenvalue weighted by Gasteiger charge is 2.19. The Labute approximate surface area is 202 Å². The van der Waals surface area contributed by atoms with Crippen LogP contribution in [0.2, 0.25) is 0 Å². The largest absolute Gasteiger partial charge is 0.493 e. The van der Waals surface area contributed by atoms with Crippen molar-refractivity contribution >= 4 is 16.0 Å². The molecule has 34 heavy (non-hydrogen) atoms. The molecule has 0 saturated heterocycles. The van der Waals surface area contributed by atoms with Crippen molar-refractivity contribution in [3.8, 4) is 11.5 Å². The van der Waals surface area contributed by atoms with E-state index in [0.717, 1.165) is 56.0 Å². The number of hydrogen-bond acceptors (Lipinski definition) is 7. The van der Waals surface area contributed by atoms with Crippen LogP contribution in [0, 0.1) is 0 Å². The fourth-order valence-electron chi connectivity index (χ4n) is 4.07. The second-order valence-electron chi connectivity index (χ2n) is 8.33. The van der Waals surface area contributed by atoms with Crippen molar-refractivity contribution in [2.45, 2.75) is 43.5 Å². The van der Waals surface area contributed by atoms with Crippen LogP contribution in [0.15, 0.2) is 41.3 Å². The number of nitrogens with zero attached hydrogens (tertiary/aromatic N) is 1. The van der Waals surface area contributed by atoms with Gasteiger partial charge in [0.15, 0.2) is 11.5 Å². The third kappa shape index (κ3) is 6.94. The van der Waals surface area contributed by atoms with Gasteiger partial charge < -0.3 is 14.2 Å². The first kappa shape index (κ1) is 26.0. The molecule has 0 saturated carbocycles. The fourth-order valence-corrected chi connectivity index (χ4v) is 5.14. The van der Waals surface area contributed by atoms with Gasteiger partial charge in [0.2, 0.25) is 10.0 Å². The van der Waals surface area contributed by atoms with Crippen molar-refractivity contribution in [3.05, 3.63) is 53.1 Å². The molecule has 0 radical (unpaired) electrons. The molecule has 1 heterocycles. The van der Waals surface area contributed by atoms with Crippen molar-refractivity contribution in [3.63, 3.8) is 0 Å². The number of fused-ring (bicyclic) bond motifs is 1. The molecule has 186 valence electrons. The summed E-state index contributed by atoms with van der Waals surface area (Å²) in [6.45, 7) is 3.12. The summed E-state index contributed by atoms with van der Waals surface area (Å²) in [6, 6.07) is 10.7. The highest BCUT2D eigenvalue weighted by Crippen LogP contribution is 2.33. The van der Waals surface area contributed by atoms with Crippen LogP contribution < -0.4 is 14.2 Å². The van der Waals surface area contributed by atoms with Crippen LogP contribution in [-0.4, -0.2) is 60.3 Å². The maximum absolute atomic E-state index is 12.6. The average molecular weight is 491 g/mol. The lowest BCUT2D eigenvalue weighted by Gasteiger charge is -2.29. The Morgan fingerprint density at radius 1 is 1.00 bits per heavy atom. The second-order valence-corrected chi connectivity index (χ2v) is 10.1. The number of methoxy groups -OCH3 is 3. The first-order valence-corrected chi connectivity index (χ1v) is 13.0. The maximum Gasteiger partial charge on any atom is 0.305 e. The molecule has 1 aliphatic rings. The fraction of sp³-hybridized carbons (Fsp3) is 0.480. The van der Waals surface area contributed by atoms with E-state index in [1.165, 1.54) is 18.2 Å². The first-order valence-electron chi connectivity index (χ1n) is 11.5. The van der Waals surface area contributed by atoms with Crippen LogP contribution in [0.4, 0.5) is 0 Å². The number of esters is 1. The van der Waals surface area contributed by atoms with Crippen molar-refractivity contribution in [2.75, 3.05) is 41.0 Å². The minimum absolute atomic E-state index is 0.228. The summed E-state index contributed by atoms with van der Waals surface area (Å²) in [6.07, 6.45) is 3.40. The van der Waals surface area contributed by atoms with E-state index in [1.54, 1.807) is 38.5 Å². The number of unbranched alkanes of at least 4 members (excludes halogenated alkanes) is 1. The van der Waals surface area contributed by atoms with Crippen LogP contribution in [0.3, 0.4) is 0 Å². The third-order valence-corrected chi connectivity index (χ3v) is 7.55.